The number of imidazole rings is 1. The molecule has 0 saturated carbocycles. The molecule has 5 rings (SSSR count). The van der Waals surface area contributed by atoms with E-state index in [0.29, 0.717) is 29.0 Å². The molecular formula is C24H21ClN3O4+. The van der Waals surface area contributed by atoms with Crippen LogP contribution < -0.4 is 19.4 Å². The van der Waals surface area contributed by atoms with E-state index < -0.39 is 5.97 Å². The van der Waals surface area contributed by atoms with Crippen molar-refractivity contribution in [2.75, 3.05) is 25.1 Å². The summed E-state index contributed by atoms with van der Waals surface area (Å²) in [6, 6.07) is 15.2. The van der Waals surface area contributed by atoms with Crippen LogP contribution in [0.5, 0.6) is 17.5 Å². The number of carboxylic acid groups (broad SMARTS) is 1. The Morgan fingerprint density at radius 2 is 2.06 bits per heavy atom. The van der Waals surface area contributed by atoms with Gasteiger partial charge in [-0.25, -0.2) is 14.8 Å². The summed E-state index contributed by atoms with van der Waals surface area (Å²) in [7, 11) is 2.05. The number of rotatable bonds is 4. The van der Waals surface area contributed by atoms with Gasteiger partial charge in [0.1, 0.15) is 18.1 Å². The first-order valence-electron chi connectivity index (χ1n) is 10.1. The van der Waals surface area contributed by atoms with Gasteiger partial charge in [-0.3, -0.25) is 0 Å². The fourth-order valence-corrected chi connectivity index (χ4v) is 4.14. The van der Waals surface area contributed by atoms with Crippen LogP contribution >= 0.6 is 11.6 Å². The topological polar surface area (TPSA) is 88.9 Å². The second-order valence-corrected chi connectivity index (χ2v) is 8.20. The van der Waals surface area contributed by atoms with E-state index in [2.05, 4.69) is 14.9 Å². The van der Waals surface area contributed by atoms with Crippen molar-refractivity contribution in [2.24, 2.45) is 0 Å². The summed E-state index contributed by atoms with van der Waals surface area (Å²) in [5.41, 5.74) is 5.32. The maximum absolute atomic E-state index is 11.4. The van der Waals surface area contributed by atoms with E-state index in [1.54, 1.807) is 19.1 Å². The lowest BCUT2D eigenvalue weighted by atomic mass is 10.0. The third kappa shape index (κ3) is 3.61. The molecule has 1 aromatic heterocycles. The molecule has 162 valence electrons. The number of nitrogens with one attached hydrogen (secondary N) is 2. The molecule has 2 heterocycles. The molecule has 0 aliphatic carbocycles. The standard InChI is InChI=1S/C24H20ClN3O4/c1-13-3-5-15(10-16(13)23(29)30)32-24-26-19-11-17(18(25)12-20(19)27-24)14-4-6-21-22(9-14)31-8-7-28(21)2/h3-6,9-12H,7-8H2,1-2H3,(H,26,27)(H,29,30)/p+1. The lowest BCUT2D eigenvalue weighted by molar-refractivity contribution is -0.359. The Balaban J connectivity index is 1.49. The van der Waals surface area contributed by atoms with Crippen LogP contribution in [0.15, 0.2) is 48.5 Å². The van der Waals surface area contributed by atoms with E-state index in [4.69, 9.17) is 21.1 Å². The number of aromatic carboxylic acids is 1. The number of ether oxygens (including phenoxy) is 2. The van der Waals surface area contributed by atoms with Gasteiger partial charge in [0.05, 0.1) is 22.8 Å². The van der Waals surface area contributed by atoms with Crippen LogP contribution in [0.25, 0.3) is 22.2 Å². The van der Waals surface area contributed by atoms with Gasteiger partial charge >= 0.3 is 12.0 Å². The Morgan fingerprint density at radius 3 is 2.88 bits per heavy atom. The van der Waals surface area contributed by atoms with E-state index in [1.165, 1.54) is 6.07 Å². The molecule has 0 radical (unpaired) electrons. The number of fused-ring (bicyclic) bond motifs is 2. The highest BCUT2D eigenvalue weighted by Gasteiger charge is 2.20. The van der Waals surface area contributed by atoms with Gasteiger partial charge in [-0.05, 0) is 48.4 Å². The van der Waals surface area contributed by atoms with Gasteiger partial charge in [-0.2, -0.15) is 0 Å². The maximum atomic E-state index is 11.4. The summed E-state index contributed by atoms with van der Waals surface area (Å²) in [6.45, 7) is 3.25. The van der Waals surface area contributed by atoms with Crippen LogP contribution in [-0.2, 0) is 0 Å². The molecule has 4 aromatic rings. The normalized spacial score (nSPS) is 13.0. The molecule has 8 heteroatoms. The van der Waals surface area contributed by atoms with E-state index in [1.807, 2.05) is 37.4 Å². The average molecular weight is 451 g/mol. The number of hydrogen-bond donors (Lipinski definition) is 2. The highest BCUT2D eigenvalue weighted by Crippen LogP contribution is 2.38. The Morgan fingerprint density at radius 1 is 1.22 bits per heavy atom. The SMILES string of the molecule is Cc1ccc(Oc2[nH]c3cc(Cl)c(-c4ccc5c(c4)OCCN5C)cc3[nH+]2)cc1C(=O)O. The molecule has 7 nitrogen and oxygen atoms in total. The van der Waals surface area contributed by atoms with Crippen LogP contribution in [0, 0.1) is 6.92 Å². The first-order valence-corrected chi connectivity index (χ1v) is 10.5. The van der Waals surface area contributed by atoms with Crippen molar-refractivity contribution in [3.8, 4) is 28.6 Å². The number of H-pyrrole nitrogens is 2. The molecular weight excluding hydrogens is 430 g/mol. The number of anilines is 1. The quantitative estimate of drug-likeness (QED) is 0.460. The monoisotopic (exact) mass is 450 g/mol. The highest BCUT2D eigenvalue weighted by molar-refractivity contribution is 6.34. The first-order chi connectivity index (χ1) is 15.4. The number of benzene rings is 3. The molecule has 0 spiro atoms. The lowest BCUT2D eigenvalue weighted by Crippen LogP contribution is -2.28. The number of nitrogens with zero attached hydrogens (tertiary/aromatic N) is 1. The fraction of sp³-hybridized carbons (Fsp3) is 0.167. The molecule has 0 saturated heterocycles. The zero-order valence-electron chi connectivity index (χ0n) is 17.5. The summed E-state index contributed by atoms with van der Waals surface area (Å²) >= 11 is 6.60. The van der Waals surface area contributed by atoms with Crippen molar-refractivity contribution in [1.29, 1.82) is 0 Å². The van der Waals surface area contributed by atoms with Gasteiger partial charge in [0.2, 0.25) is 0 Å². The average Bonchev–Trinajstić information content (AvgIpc) is 3.15. The predicted octanol–water partition coefficient (Wildman–Crippen LogP) is 4.93. The van der Waals surface area contributed by atoms with Crippen LogP contribution in [0.2, 0.25) is 5.02 Å². The van der Waals surface area contributed by atoms with Crippen LogP contribution in [0.1, 0.15) is 15.9 Å². The number of hydrogen-bond acceptors (Lipinski definition) is 4. The summed E-state index contributed by atoms with van der Waals surface area (Å²) < 4.78 is 11.7. The Bertz CT molecular complexity index is 1370. The number of carbonyl (C=O) groups is 1. The second kappa shape index (κ2) is 7.76. The van der Waals surface area contributed by atoms with Gasteiger partial charge in [-0.1, -0.05) is 23.7 Å². The second-order valence-electron chi connectivity index (χ2n) is 7.79. The Hall–Kier alpha value is -3.71. The molecule has 0 amide bonds. The molecule has 0 bridgehead atoms. The number of aromatic amines is 2. The Kier molecular flexibility index (Phi) is 4.90. The zero-order chi connectivity index (χ0) is 22.4. The van der Waals surface area contributed by atoms with Crippen LogP contribution in [0.4, 0.5) is 5.69 Å². The predicted molar refractivity (Wildman–Crippen MR) is 122 cm³/mol. The fourth-order valence-electron chi connectivity index (χ4n) is 3.87. The van der Waals surface area contributed by atoms with Crippen molar-refractivity contribution >= 4 is 34.3 Å². The van der Waals surface area contributed by atoms with Gasteiger partial charge in [-0.15, -0.1) is 0 Å². The summed E-state index contributed by atoms with van der Waals surface area (Å²) in [6.07, 6.45) is 0. The molecule has 0 unspecified atom stereocenters. The molecule has 1 aliphatic heterocycles. The largest absolute Gasteiger partial charge is 0.490 e. The number of carboxylic acids is 1. The number of aromatic nitrogens is 2. The Labute approximate surface area is 189 Å². The van der Waals surface area contributed by atoms with Gasteiger partial charge in [0.15, 0.2) is 11.0 Å². The summed E-state index contributed by atoms with van der Waals surface area (Å²) in [4.78, 5) is 19.9. The third-order valence-electron chi connectivity index (χ3n) is 5.63. The lowest BCUT2D eigenvalue weighted by Gasteiger charge is -2.28. The van der Waals surface area contributed by atoms with E-state index in [-0.39, 0.29) is 5.56 Å². The number of halogens is 1. The van der Waals surface area contributed by atoms with E-state index in [0.717, 1.165) is 40.1 Å². The zero-order valence-corrected chi connectivity index (χ0v) is 18.3. The first kappa shape index (κ1) is 20.2. The number of aryl methyl sites for hydroxylation is 1. The van der Waals surface area contributed by atoms with Crippen molar-refractivity contribution in [3.63, 3.8) is 0 Å². The minimum atomic E-state index is -0.995. The third-order valence-corrected chi connectivity index (χ3v) is 5.94. The minimum absolute atomic E-state index is 0.198. The van der Waals surface area contributed by atoms with E-state index >= 15 is 0 Å². The smallest absolute Gasteiger partial charge is 0.458 e. The maximum Gasteiger partial charge on any atom is 0.458 e. The molecule has 3 N–H and O–H groups in total. The van der Waals surface area contributed by atoms with Crippen molar-refractivity contribution in [3.05, 3.63) is 64.7 Å². The van der Waals surface area contributed by atoms with Crippen LogP contribution in [-0.4, -0.2) is 36.3 Å². The summed E-state index contributed by atoms with van der Waals surface area (Å²) in [5.74, 6) is 0.256. The summed E-state index contributed by atoms with van der Waals surface area (Å²) in [5, 5.41) is 9.92. The molecule has 1 aliphatic rings. The van der Waals surface area contributed by atoms with Crippen molar-refractivity contribution in [1.82, 2.24) is 4.98 Å². The number of likely N-dealkylation sites (N-methyl/N-ethyl adjacent to an activating group) is 1. The molecule has 32 heavy (non-hydrogen) atoms. The minimum Gasteiger partial charge on any atom is -0.490 e. The van der Waals surface area contributed by atoms with Gasteiger partial charge in [0.25, 0.3) is 0 Å². The highest BCUT2D eigenvalue weighted by atomic mass is 35.5. The molecule has 3 aromatic carbocycles. The van der Waals surface area contributed by atoms with Gasteiger partial charge < -0.3 is 19.5 Å². The molecule has 0 atom stereocenters. The molecule has 0 fully saturated rings. The van der Waals surface area contributed by atoms with Crippen molar-refractivity contribution in [2.45, 2.75) is 6.92 Å². The van der Waals surface area contributed by atoms with Crippen LogP contribution in [0.3, 0.4) is 0 Å². The van der Waals surface area contributed by atoms with Crippen molar-refractivity contribution < 1.29 is 24.4 Å². The van der Waals surface area contributed by atoms with E-state index in [9.17, 15) is 9.90 Å². The van der Waals surface area contributed by atoms with Gasteiger partial charge in [0, 0.05) is 18.7 Å².